The van der Waals surface area contributed by atoms with Crippen LogP contribution in [-0.2, 0) is 0 Å². The van der Waals surface area contributed by atoms with Crippen LogP contribution in [0.4, 0.5) is 0 Å². The number of methoxy groups -OCH3 is 1. The fraction of sp³-hybridized carbons (Fsp3) is 0.154. The summed E-state index contributed by atoms with van der Waals surface area (Å²) in [5.41, 5.74) is 2.97. The highest BCUT2D eigenvalue weighted by Crippen LogP contribution is 2.40. The topological polar surface area (TPSA) is 22.1 Å². The van der Waals surface area contributed by atoms with E-state index in [2.05, 4.69) is 36.8 Å². The van der Waals surface area contributed by atoms with Crippen LogP contribution in [0.5, 0.6) is 5.75 Å². The van der Waals surface area contributed by atoms with E-state index >= 15 is 0 Å². The molecule has 94 valence electrons. The molecule has 5 heteroatoms. The van der Waals surface area contributed by atoms with Crippen molar-refractivity contribution in [2.75, 3.05) is 7.11 Å². The van der Waals surface area contributed by atoms with Crippen LogP contribution in [0.15, 0.2) is 33.5 Å². The van der Waals surface area contributed by atoms with Crippen molar-refractivity contribution >= 4 is 43.5 Å². The van der Waals surface area contributed by atoms with Gasteiger partial charge in [0.05, 0.1) is 16.6 Å². The molecule has 2 nitrogen and oxygen atoms in total. The first-order chi connectivity index (χ1) is 8.54. The van der Waals surface area contributed by atoms with Crippen molar-refractivity contribution in [1.29, 1.82) is 0 Å². The molecule has 0 amide bonds. The molecule has 0 bridgehead atoms. The summed E-state index contributed by atoms with van der Waals surface area (Å²) in [5.74, 6) is 0.764. The molecule has 0 spiro atoms. The molecule has 0 N–H and O–H groups in total. The summed E-state index contributed by atoms with van der Waals surface area (Å²) in [7, 11) is 1.64. The molecule has 0 aliphatic heterocycles. The Morgan fingerprint density at radius 2 is 1.89 bits per heavy atom. The van der Waals surface area contributed by atoms with Gasteiger partial charge in [-0.1, -0.05) is 27.5 Å². The van der Waals surface area contributed by atoms with E-state index in [1.807, 2.05) is 19.1 Å². The first-order valence-electron chi connectivity index (χ1n) is 5.18. The SMILES string of the molecule is COc1cc(-c2c(C)cncc2Cl)c(Br)cc1Br. The summed E-state index contributed by atoms with van der Waals surface area (Å²) in [4.78, 5) is 4.07. The quantitative estimate of drug-likeness (QED) is 0.698. The summed E-state index contributed by atoms with van der Waals surface area (Å²) in [6, 6.07) is 3.90. The van der Waals surface area contributed by atoms with Gasteiger partial charge in [-0.2, -0.15) is 0 Å². The van der Waals surface area contributed by atoms with E-state index in [1.54, 1.807) is 19.5 Å². The average Bonchev–Trinajstić information content (AvgIpc) is 2.31. The third-order valence-corrected chi connectivity index (χ3v) is 4.16. The molecule has 0 saturated carbocycles. The zero-order valence-electron chi connectivity index (χ0n) is 9.80. The number of hydrogen-bond acceptors (Lipinski definition) is 2. The van der Waals surface area contributed by atoms with E-state index in [-0.39, 0.29) is 0 Å². The number of hydrogen-bond donors (Lipinski definition) is 0. The van der Waals surface area contributed by atoms with Crippen LogP contribution in [0, 0.1) is 6.92 Å². The third-order valence-electron chi connectivity index (χ3n) is 2.60. The molecule has 0 radical (unpaired) electrons. The number of nitrogens with zero attached hydrogens (tertiary/aromatic N) is 1. The number of aromatic nitrogens is 1. The van der Waals surface area contributed by atoms with Crippen molar-refractivity contribution in [3.8, 4) is 16.9 Å². The molecule has 2 rings (SSSR count). The molecule has 2 aromatic rings. The number of ether oxygens (including phenoxy) is 1. The Morgan fingerprint density at radius 3 is 2.50 bits per heavy atom. The van der Waals surface area contributed by atoms with Gasteiger partial charge in [0, 0.05) is 28.0 Å². The van der Waals surface area contributed by atoms with Crippen molar-refractivity contribution in [2.45, 2.75) is 6.92 Å². The van der Waals surface area contributed by atoms with Crippen LogP contribution in [0.3, 0.4) is 0 Å². The monoisotopic (exact) mass is 389 g/mol. The smallest absolute Gasteiger partial charge is 0.133 e. The van der Waals surface area contributed by atoms with Gasteiger partial charge in [0.1, 0.15) is 5.75 Å². The lowest BCUT2D eigenvalue weighted by molar-refractivity contribution is 0.412. The minimum atomic E-state index is 0.625. The van der Waals surface area contributed by atoms with Crippen molar-refractivity contribution in [2.24, 2.45) is 0 Å². The van der Waals surface area contributed by atoms with Crippen LogP contribution in [0.25, 0.3) is 11.1 Å². The Hall–Kier alpha value is -0.580. The van der Waals surface area contributed by atoms with Crippen molar-refractivity contribution in [3.63, 3.8) is 0 Å². The molecule has 1 aromatic heterocycles. The summed E-state index contributed by atoms with van der Waals surface area (Å²) >= 11 is 13.2. The van der Waals surface area contributed by atoms with Crippen LogP contribution < -0.4 is 4.74 Å². The maximum Gasteiger partial charge on any atom is 0.133 e. The maximum atomic E-state index is 6.24. The molecule has 1 aromatic carbocycles. The number of halogens is 3. The van der Waals surface area contributed by atoms with Gasteiger partial charge in [-0.15, -0.1) is 0 Å². The fourth-order valence-electron chi connectivity index (χ4n) is 1.75. The largest absolute Gasteiger partial charge is 0.496 e. The molecule has 18 heavy (non-hydrogen) atoms. The Labute approximate surface area is 128 Å². The van der Waals surface area contributed by atoms with Gasteiger partial charge in [-0.25, -0.2) is 0 Å². The van der Waals surface area contributed by atoms with E-state index in [4.69, 9.17) is 16.3 Å². The highest BCUT2D eigenvalue weighted by Gasteiger charge is 2.14. The predicted molar refractivity (Wildman–Crippen MR) is 81.4 cm³/mol. The summed E-state index contributed by atoms with van der Waals surface area (Å²) < 4.78 is 7.16. The molecular formula is C13H10Br2ClNO. The fourth-order valence-corrected chi connectivity index (χ4v) is 3.41. The van der Waals surface area contributed by atoms with Gasteiger partial charge in [0.2, 0.25) is 0 Å². The molecule has 0 saturated heterocycles. The van der Waals surface area contributed by atoms with Crippen molar-refractivity contribution in [1.82, 2.24) is 4.98 Å². The number of rotatable bonds is 2. The van der Waals surface area contributed by atoms with Crippen LogP contribution in [-0.4, -0.2) is 12.1 Å². The Kier molecular flexibility index (Phi) is 4.30. The van der Waals surface area contributed by atoms with E-state index in [1.165, 1.54) is 0 Å². The molecule has 1 heterocycles. The van der Waals surface area contributed by atoms with Gasteiger partial charge >= 0.3 is 0 Å². The molecular weight excluding hydrogens is 381 g/mol. The Balaban J connectivity index is 2.71. The van der Waals surface area contributed by atoms with E-state index in [9.17, 15) is 0 Å². The second-order valence-corrected chi connectivity index (χ2v) is 5.90. The zero-order valence-corrected chi connectivity index (χ0v) is 13.7. The minimum absolute atomic E-state index is 0.625. The molecule has 0 atom stereocenters. The van der Waals surface area contributed by atoms with Crippen LogP contribution in [0.1, 0.15) is 5.56 Å². The van der Waals surface area contributed by atoms with Gasteiger partial charge in [0.25, 0.3) is 0 Å². The maximum absolute atomic E-state index is 6.24. The van der Waals surface area contributed by atoms with E-state index in [0.29, 0.717) is 5.02 Å². The summed E-state index contributed by atoms with van der Waals surface area (Å²) in [6.45, 7) is 1.98. The number of pyridine rings is 1. The van der Waals surface area contributed by atoms with Gasteiger partial charge in [0.15, 0.2) is 0 Å². The molecule has 0 fully saturated rings. The highest BCUT2D eigenvalue weighted by molar-refractivity contribution is 9.11. The average molecular weight is 391 g/mol. The van der Waals surface area contributed by atoms with Crippen LogP contribution in [0.2, 0.25) is 5.02 Å². The minimum Gasteiger partial charge on any atom is -0.496 e. The Morgan fingerprint density at radius 1 is 1.17 bits per heavy atom. The van der Waals surface area contributed by atoms with Gasteiger partial charge in [-0.3, -0.25) is 4.98 Å². The Bertz CT molecular complexity index is 582. The lowest BCUT2D eigenvalue weighted by Crippen LogP contribution is -1.91. The second-order valence-electron chi connectivity index (χ2n) is 3.78. The zero-order chi connectivity index (χ0) is 13.3. The second kappa shape index (κ2) is 5.59. The van der Waals surface area contributed by atoms with Gasteiger partial charge in [-0.05, 0) is 40.5 Å². The first kappa shape index (κ1) is 13.8. The van der Waals surface area contributed by atoms with Crippen molar-refractivity contribution in [3.05, 3.63) is 44.1 Å². The molecule has 0 aliphatic rings. The number of aryl methyl sites for hydroxylation is 1. The lowest BCUT2D eigenvalue weighted by Gasteiger charge is -2.13. The first-order valence-corrected chi connectivity index (χ1v) is 7.14. The standard InChI is InChI=1S/C13H10Br2ClNO/c1-7-5-17-6-11(16)13(7)8-3-12(18-2)10(15)4-9(8)14/h3-6H,1-2H3. The summed E-state index contributed by atoms with van der Waals surface area (Å²) in [5, 5.41) is 0.625. The highest BCUT2D eigenvalue weighted by atomic mass is 79.9. The van der Waals surface area contributed by atoms with Gasteiger partial charge < -0.3 is 4.74 Å². The van der Waals surface area contributed by atoms with E-state index in [0.717, 1.165) is 31.4 Å². The van der Waals surface area contributed by atoms with E-state index < -0.39 is 0 Å². The lowest BCUT2D eigenvalue weighted by atomic mass is 10.0. The van der Waals surface area contributed by atoms with Crippen molar-refractivity contribution < 1.29 is 4.74 Å². The number of benzene rings is 1. The summed E-state index contributed by atoms with van der Waals surface area (Å²) in [6.07, 6.45) is 3.44. The molecule has 0 unspecified atom stereocenters. The normalized spacial score (nSPS) is 10.5. The molecule has 0 aliphatic carbocycles. The third kappa shape index (κ3) is 2.56. The predicted octanol–water partition coefficient (Wildman–Crippen LogP) is 5.24. The van der Waals surface area contributed by atoms with Crippen LogP contribution >= 0.6 is 43.5 Å².